The molecule has 0 aliphatic rings. The lowest BCUT2D eigenvalue weighted by Crippen LogP contribution is -2.39. The fourth-order valence-corrected chi connectivity index (χ4v) is 2.70. The fraction of sp³-hybridized carbons (Fsp3) is 1.00. The molecule has 0 rings (SSSR count). The SMILES string of the molecule is COCC(C)N(C)S(=O)(=O)CCCCl. The largest absolute Gasteiger partial charge is 0.383 e. The Hall–Kier alpha value is 0.160. The van der Waals surface area contributed by atoms with Crippen molar-refractivity contribution in [3.05, 3.63) is 0 Å². The average molecular weight is 244 g/mol. The maximum atomic E-state index is 11.6. The molecular weight excluding hydrogens is 226 g/mol. The lowest BCUT2D eigenvalue weighted by atomic mass is 10.4. The van der Waals surface area contributed by atoms with E-state index in [4.69, 9.17) is 16.3 Å². The quantitative estimate of drug-likeness (QED) is 0.625. The van der Waals surface area contributed by atoms with E-state index in [2.05, 4.69) is 0 Å². The van der Waals surface area contributed by atoms with Gasteiger partial charge in [-0.2, -0.15) is 4.31 Å². The summed E-state index contributed by atoms with van der Waals surface area (Å²) in [6.45, 7) is 2.21. The van der Waals surface area contributed by atoms with Gasteiger partial charge in [-0.3, -0.25) is 0 Å². The molecule has 0 amide bonds. The Balaban J connectivity index is 4.27. The number of ether oxygens (including phenoxy) is 1. The number of rotatable bonds is 7. The molecule has 6 heteroatoms. The standard InChI is InChI=1S/C8H18ClNO3S/c1-8(7-13-3)10(2)14(11,12)6-4-5-9/h8H,4-7H2,1-3H3. The van der Waals surface area contributed by atoms with E-state index < -0.39 is 10.0 Å². The van der Waals surface area contributed by atoms with Gasteiger partial charge in [0, 0.05) is 26.1 Å². The number of hydrogen-bond donors (Lipinski definition) is 0. The summed E-state index contributed by atoms with van der Waals surface area (Å²) in [6.07, 6.45) is 0.480. The molecule has 0 fully saturated rings. The Morgan fingerprint density at radius 1 is 1.50 bits per heavy atom. The van der Waals surface area contributed by atoms with Crippen molar-refractivity contribution in [1.29, 1.82) is 0 Å². The minimum Gasteiger partial charge on any atom is -0.383 e. The predicted molar refractivity (Wildman–Crippen MR) is 58.2 cm³/mol. The molecule has 0 aromatic carbocycles. The molecule has 0 aromatic heterocycles. The molecule has 1 atom stereocenters. The second kappa shape index (κ2) is 6.61. The highest BCUT2D eigenvalue weighted by atomic mass is 35.5. The summed E-state index contributed by atoms with van der Waals surface area (Å²) in [4.78, 5) is 0. The lowest BCUT2D eigenvalue weighted by molar-refractivity contribution is 0.149. The zero-order valence-electron chi connectivity index (χ0n) is 8.86. The van der Waals surface area contributed by atoms with Gasteiger partial charge in [0.1, 0.15) is 0 Å². The molecule has 0 N–H and O–H groups in total. The topological polar surface area (TPSA) is 46.6 Å². The predicted octanol–water partition coefficient (Wildman–Crippen LogP) is 0.912. The lowest BCUT2D eigenvalue weighted by Gasteiger charge is -2.23. The van der Waals surface area contributed by atoms with Crippen LogP contribution in [0.4, 0.5) is 0 Å². The third kappa shape index (κ3) is 4.59. The molecular formula is C8H18ClNO3S. The van der Waals surface area contributed by atoms with Crippen LogP contribution in [0.25, 0.3) is 0 Å². The maximum Gasteiger partial charge on any atom is 0.214 e. The van der Waals surface area contributed by atoms with Gasteiger partial charge in [-0.25, -0.2) is 8.42 Å². The van der Waals surface area contributed by atoms with Gasteiger partial charge < -0.3 is 4.74 Å². The Labute approximate surface area is 91.2 Å². The van der Waals surface area contributed by atoms with Crippen LogP contribution < -0.4 is 0 Å². The van der Waals surface area contributed by atoms with Crippen molar-refractivity contribution in [2.75, 3.05) is 32.4 Å². The molecule has 0 heterocycles. The van der Waals surface area contributed by atoms with E-state index in [0.29, 0.717) is 18.9 Å². The van der Waals surface area contributed by atoms with Crippen molar-refractivity contribution in [2.24, 2.45) is 0 Å². The summed E-state index contributed by atoms with van der Waals surface area (Å²) in [6, 6.07) is -0.139. The van der Waals surface area contributed by atoms with Crippen molar-refractivity contribution in [2.45, 2.75) is 19.4 Å². The molecule has 0 bridgehead atoms. The van der Waals surface area contributed by atoms with Crippen LogP contribution in [0.15, 0.2) is 0 Å². The first-order valence-electron chi connectivity index (χ1n) is 4.46. The normalized spacial score (nSPS) is 14.6. The molecule has 0 aliphatic carbocycles. The first-order valence-corrected chi connectivity index (χ1v) is 6.60. The van der Waals surface area contributed by atoms with Crippen LogP contribution in [0.1, 0.15) is 13.3 Å². The molecule has 1 unspecified atom stereocenters. The fourth-order valence-electron chi connectivity index (χ4n) is 1.00. The second-order valence-corrected chi connectivity index (χ2v) is 5.71. The summed E-state index contributed by atoms with van der Waals surface area (Å²) in [5.41, 5.74) is 0. The first kappa shape index (κ1) is 14.2. The van der Waals surface area contributed by atoms with Crippen molar-refractivity contribution >= 4 is 21.6 Å². The molecule has 0 radical (unpaired) electrons. The van der Waals surface area contributed by atoms with E-state index in [0.717, 1.165) is 0 Å². The van der Waals surface area contributed by atoms with Crippen LogP contribution in [0, 0.1) is 0 Å². The monoisotopic (exact) mass is 243 g/mol. The highest BCUT2D eigenvalue weighted by Gasteiger charge is 2.22. The molecule has 4 nitrogen and oxygen atoms in total. The van der Waals surface area contributed by atoms with E-state index in [1.807, 2.05) is 6.92 Å². The second-order valence-electron chi connectivity index (χ2n) is 3.18. The third-order valence-corrected chi connectivity index (χ3v) is 4.31. The van der Waals surface area contributed by atoms with E-state index in [9.17, 15) is 8.42 Å². The van der Waals surface area contributed by atoms with E-state index >= 15 is 0 Å². The summed E-state index contributed by atoms with van der Waals surface area (Å²) in [7, 11) is -0.0609. The Bertz CT molecular complexity index is 243. The van der Waals surface area contributed by atoms with Gasteiger partial charge >= 0.3 is 0 Å². The zero-order valence-corrected chi connectivity index (χ0v) is 10.4. The van der Waals surface area contributed by atoms with Gasteiger partial charge in [-0.1, -0.05) is 0 Å². The minimum atomic E-state index is -3.17. The van der Waals surface area contributed by atoms with Gasteiger partial charge in [0.2, 0.25) is 10.0 Å². The summed E-state index contributed by atoms with van der Waals surface area (Å²) >= 11 is 5.45. The molecule has 0 aliphatic heterocycles. The molecule has 14 heavy (non-hydrogen) atoms. The maximum absolute atomic E-state index is 11.6. The zero-order chi connectivity index (χ0) is 11.2. The highest BCUT2D eigenvalue weighted by molar-refractivity contribution is 7.89. The molecule has 86 valence electrons. The van der Waals surface area contributed by atoms with Gasteiger partial charge in [-0.15, -0.1) is 11.6 Å². The van der Waals surface area contributed by atoms with Gasteiger partial charge in [-0.05, 0) is 13.3 Å². The van der Waals surface area contributed by atoms with Crippen LogP contribution in [0.3, 0.4) is 0 Å². The van der Waals surface area contributed by atoms with Crippen LogP contribution in [0.2, 0.25) is 0 Å². The Kier molecular flexibility index (Phi) is 6.68. The Morgan fingerprint density at radius 3 is 2.50 bits per heavy atom. The number of sulfonamides is 1. The van der Waals surface area contributed by atoms with Crippen LogP contribution in [-0.2, 0) is 14.8 Å². The summed E-state index contributed by atoms with van der Waals surface area (Å²) < 4.78 is 29.5. The van der Waals surface area contributed by atoms with E-state index in [1.165, 1.54) is 4.31 Å². The summed E-state index contributed by atoms with van der Waals surface area (Å²) in [5, 5.41) is 0. The number of nitrogens with zero attached hydrogens (tertiary/aromatic N) is 1. The molecule has 0 aromatic rings. The highest BCUT2D eigenvalue weighted by Crippen LogP contribution is 2.06. The average Bonchev–Trinajstić information content (AvgIpc) is 2.14. The van der Waals surface area contributed by atoms with Crippen molar-refractivity contribution in [3.63, 3.8) is 0 Å². The van der Waals surface area contributed by atoms with Crippen LogP contribution in [-0.4, -0.2) is 51.2 Å². The number of hydrogen-bond acceptors (Lipinski definition) is 3. The minimum absolute atomic E-state index is 0.0983. The number of methoxy groups -OCH3 is 1. The van der Waals surface area contributed by atoms with Crippen molar-refractivity contribution < 1.29 is 13.2 Å². The van der Waals surface area contributed by atoms with Gasteiger partial charge in [0.15, 0.2) is 0 Å². The number of halogens is 1. The Morgan fingerprint density at radius 2 is 2.07 bits per heavy atom. The molecule has 0 saturated carbocycles. The number of likely N-dealkylation sites (N-methyl/N-ethyl adjacent to an activating group) is 1. The van der Waals surface area contributed by atoms with Crippen LogP contribution >= 0.6 is 11.6 Å². The summed E-state index contributed by atoms with van der Waals surface area (Å²) in [5.74, 6) is 0.465. The van der Waals surface area contributed by atoms with Gasteiger partial charge in [0.25, 0.3) is 0 Å². The molecule has 0 spiro atoms. The molecule has 0 saturated heterocycles. The van der Waals surface area contributed by atoms with Gasteiger partial charge in [0.05, 0.1) is 12.4 Å². The van der Waals surface area contributed by atoms with Crippen molar-refractivity contribution in [1.82, 2.24) is 4.31 Å². The number of alkyl halides is 1. The first-order chi connectivity index (χ1) is 6.45. The smallest absolute Gasteiger partial charge is 0.214 e. The van der Waals surface area contributed by atoms with E-state index in [1.54, 1.807) is 14.2 Å². The van der Waals surface area contributed by atoms with Crippen LogP contribution in [0.5, 0.6) is 0 Å². The third-order valence-electron chi connectivity index (χ3n) is 2.00. The van der Waals surface area contributed by atoms with E-state index in [-0.39, 0.29) is 11.8 Å². The van der Waals surface area contributed by atoms with Crippen molar-refractivity contribution in [3.8, 4) is 0 Å².